The van der Waals surface area contributed by atoms with E-state index in [1.165, 1.54) is 19.2 Å². The largest absolute Gasteiger partial charge is 0.496 e. The minimum absolute atomic E-state index is 0.00806. The van der Waals surface area contributed by atoms with Crippen LogP contribution in [-0.2, 0) is 11.3 Å². The zero-order valence-electron chi connectivity index (χ0n) is 11.8. The number of nitro groups is 1. The van der Waals surface area contributed by atoms with Crippen molar-refractivity contribution in [3.05, 3.63) is 33.9 Å². The Labute approximate surface area is 122 Å². The first-order chi connectivity index (χ1) is 10.1. The molecule has 1 saturated carbocycles. The van der Waals surface area contributed by atoms with E-state index < -0.39 is 4.92 Å². The van der Waals surface area contributed by atoms with Crippen molar-refractivity contribution >= 4 is 11.4 Å². The fourth-order valence-electron chi connectivity index (χ4n) is 2.36. The molecule has 0 unspecified atom stereocenters. The average molecular weight is 294 g/mol. The number of rotatable bonds is 5. The van der Waals surface area contributed by atoms with Gasteiger partial charge in [-0.1, -0.05) is 5.16 Å². The molecular weight excluding hydrogens is 276 g/mol. The molecule has 1 fully saturated rings. The molecule has 0 aliphatic heterocycles. The summed E-state index contributed by atoms with van der Waals surface area (Å²) in [6.45, 7) is 0.300. The fourth-order valence-corrected chi connectivity index (χ4v) is 2.36. The molecule has 7 nitrogen and oxygen atoms in total. The molecule has 0 spiro atoms. The maximum atomic E-state index is 10.9. The molecule has 1 N–H and O–H groups in total. The monoisotopic (exact) mass is 294 g/mol. The summed E-state index contributed by atoms with van der Waals surface area (Å²) in [6.07, 6.45) is 3.12. The number of hydrogen-bond donors (Lipinski definition) is 1. The highest BCUT2D eigenvalue weighted by Crippen LogP contribution is 2.25. The van der Waals surface area contributed by atoms with Gasteiger partial charge in [0.25, 0.3) is 5.69 Å². The van der Waals surface area contributed by atoms with Crippen molar-refractivity contribution in [2.24, 2.45) is 5.16 Å². The van der Waals surface area contributed by atoms with Crippen molar-refractivity contribution in [2.45, 2.75) is 38.4 Å². The van der Waals surface area contributed by atoms with Crippen LogP contribution in [0.25, 0.3) is 0 Å². The first kappa shape index (κ1) is 15.2. The van der Waals surface area contributed by atoms with Crippen molar-refractivity contribution in [1.29, 1.82) is 0 Å². The van der Waals surface area contributed by atoms with E-state index in [4.69, 9.17) is 14.7 Å². The smallest absolute Gasteiger partial charge is 0.273 e. The molecule has 114 valence electrons. The van der Waals surface area contributed by atoms with Gasteiger partial charge in [-0.25, -0.2) is 0 Å². The van der Waals surface area contributed by atoms with Gasteiger partial charge in [-0.2, -0.15) is 0 Å². The topological polar surface area (TPSA) is 94.2 Å². The zero-order valence-corrected chi connectivity index (χ0v) is 11.8. The second kappa shape index (κ2) is 7.03. The molecule has 1 aromatic carbocycles. The van der Waals surface area contributed by atoms with E-state index in [-0.39, 0.29) is 11.8 Å². The Hall–Kier alpha value is -2.15. The van der Waals surface area contributed by atoms with Gasteiger partial charge in [-0.3, -0.25) is 10.1 Å². The normalized spacial score (nSPS) is 18.3. The van der Waals surface area contributed by atoms with E-state index in [0.29, 0.717) is 17.9 Å². The second-order valence-corrected chi connectivity index (χ2v) is 4.97. The Kier molecular flexibility index (Phi) is 5.10. The number of benzene rings is 1. The highest BCUT2D eigenvalue weighted by molar-refractivity contribution is 5.84. The van der Waals surface area contributed by atoms with E-state index >= 15 is 0 Å². The van der Waals surface area contributed by atoms with Gasteiger partial charge < -0.3 is 14.7 Å². The number of nitrogens with zero attached hydrogens (tertiary/aromatic N) is 2. The third kappa shape index (κ3) is 4.16. The third-order valence-corrected chi connectivity index (χ3v) is 3.53. The van der Waals surface area contributed by atoms with Gasteiger partial charge in [0, 0.05) is 6.07 Å². The molecule has 0 atom stereocenters. The summed E-state index contributed by atoms with van der Waals surface area (Å²) in [5.74, 6) is 0.446. The van der Waals surface area contributed by atoms with Crippen LogP contribution < -0.4 is 4.74 Å². The summed E-state index contributed by atoms with van der Waals surface area (Å²) in [5.41, 5.74) is 1.50. The van der Waals surface area contributed by atoms with Crippen LogP contribution >= 0.6 is 0 Å². The number of ether oxygens (including phenoxy) is 2. The predicted octanol–water partition coefficient (Wildman–Crippen LogP) is 2.89. The van der Waals surface area contributed by atoms with Gasteiger partial charge in [0.05, 0.1) is 36.5 Å². The molecule has 21 heavy (non-hydrogen) atoms. The SMILES string of the molecule is COc1cc(COC2CCC(=NO)CC2)cc([N+](=O)[O-])c1. The molecular formula is C14H18N2O5. The standard InChI is InChI=1S/C14H18N2O5/c1-20-14-7-10(6-12(8-14)16(18)19)9-21-13-4-2-11(15-17)3-5-13/h6-8,13,17H,2-5,9H2,1H3. The molecule has 1 aromatic rings. The van der Waals surface area contributed by atoms with Crippen LogP contribution in [0.15, 0.2) is 23.4 Å². The molecule has 0 saturated heterocycles. The molecule has 1 aliphatic carbocycles. The van der Waals surface area contributed by atoms with Crippen LogP contribution in [0.5, 0.6) is 5.75 Å². The molecule has 0 bridgehead atoms. The molecule has 0 heterocycles. The van der Waals surface area contributed by atoms with Crippen LogP contribution in [0.2, 0.25) is 0 Å². The van der Waals surface area contributed by atoms with Crippen molar-refractivity contribution in [2.75, 3.05) is 7.11 Å². The van der Waals surface area contributed by atoms with E-state index in [9.17, 15) is 10.1 Å². The lowest BCUT2D eigenvalue weighted by Crippen LogP contribution is -2.21. The summed E-state index contributed by atoms with van der Waals surface area (Å²) >= 11 is 0. The summed E-state index contributed by atoms with van der Waals surface area (Å²) in [4.78, 5) is 10.4. The van der Waals surface area contributed by atoms with Gasteiger partial charge in [0.1, 0.15) is 5.75 Å². The van der Waals surface area contributed by atoms with Gasteiger partial charge in [0.2, 0.25) is 0 Å². The van der Waals surface area contributed by atoms with E-state index in [1.807, 2.05) is 0 Å². The van der Waals surface area contributed by atoms with E-state index in [1.54, 1.807) is 6.07 Å². The van der Waals surface area contributed by atoms with Gasteiger partial charge in [-0.05, 0) is 37.3 Å². The van der Waals surface area contributed by atoms with Crippen LogP contribution in [0.4, 0.5) is 5.69 Å². The summed E-state index contributed by atoms with van der Waals surface area (Å²) in [5, 5.41) is 22.8. The maximum Gasteiger partial charge on any atom is 0.273 e. The first-order valence-corrected chi connectivity index (χ1v) is 6.76. The number of methoxy groups -OCH3 is 1. The second-order valence-electron chi connectivity index (χ2n) is 4.97. The Morgan fingerprint density at radius 3 is 2.67 bits per heavy atom. The molecule has 0 aromatic heterocycles. The highest BCUT2D eigenvalue weighted by Gasteiger charge is 2.19. The number of non-ortho nitro benzene ring substituents is 1. The van der Waals surface area contributed by atoms with Gasteiger partial charge in [0.15, 0.2) is 0 Å². The lowest BCUT2D eigenvalue weighted by Gasteiger charge is -2.22. The molecule has 0 radical (unpaired) electrons. The van der Waals surface area contributed by atoms with Crippen molar-refractivity contribution in [1.82, 2.24) is 0 Å². The van der Waals surface area contributed by atoms with Crippen molar-refractivity contribution in [3.8, 4) is 5.75 Å². The van der Waals surface area contributed by atoms with Gasteiger partial charge in [-0.15, -0.1) is 0 Å². The lowest BCUT2D eigenvalue weighted by atomic mass is 9.96. The van der Waals surface area contributed by atoms with Crippen molar-refractivity contribution < 1.29 is 19.6 Å². The number of hydrogen-bond acceptors (Lipinski definition) is 6. The minimum Gasteiger partial charge on any atom is -0.496 e. The van der Waals surface area contributed by atoms with Crippen LogP contribution in [0, 0.1) is 10.1 Å². The summed E-state index contributed by atoms with van der Waals surface area (Å²) in [7, 11) is 1.47. The number of nitro benzene ring substituents is 1. The molecule has 0 amide bonds. The molecule has 1 aliphatic rings. The Morgan fingerprint density at radius 1 is 1.38 bits per heavy atom. The Bertz CT molecular complexity index is 534. The average Bonchev–Trinajstić information content (AvgIpc) is 2.53. The first-order valence-electron chi connectivity index (χ1n) is 6.76. The number of oxime groups is 1. The zero-order chi connectivity index (χ0) is 15.2. The van der Waals surface area contributed by atoms with E-state index in [0.717, 1.165) is 31.4 Å². The predicted molar refractivity (Wildman–Crippen MR) is 75.9 cm³/mol. The van der Waals surface area contributed by atoms with Crippen LogP contribution in [0.3, 0.4) is 0 Å². The minimum atomic E-state index is -0.448. The third-order valence-electron chi connectivity index (χ3n) is 3.53. The van der Waals surface area contributed by atoms with Crippen LogP contribution in [-0.4, -0.2) is 29.1 Å². The van der Waals surface area contributed by atoms with Gasteiger partial charge >= 0.3 is 0 Å². The maximum absolute atomic E-state index is 10.9. The molecule has 2 rings (SSSR count). The Balaban J connectivity index is 1.97. The highest BCUT2D eigenvalue weighted by atomic mass is 16.6. The lowest BCUT2D eigenvalue weighted by molar-refractivity contribution is -0.385. The molecule has 7 heteroatoms. The van der Waals surface area contributed by atoms with Crippen molar-refractivity contribution in [3.63, 3.8) is 0 Å². The quantitative estimate of drug-likeness (QED) is 0.512. The summed E-state index contributed by atoms with van der Waals surface area (Å²) in [6, 6.07) is 4.61. The van der Waals surface area contributed by atoms with E-state index in [2.05, 4.69) is 5.16 Å². The Morgan fingerprint density at radius 2 is 2.10 bits per heavy atom. The fraction of sp³-hybridized carbons (Fsp3) is 0.500. The van der Waals surface area contributed by atoms with Crippen LogP contribution in [0.1, 0.15) is 31.2 Å². The summed E-state index contributed by atoms with van der Waals surface area (Å²) < 4.78 is 10.8.